The molecular weight excluding hydrogens is 278 g/mol. The van der Waals surface area contributed by atoms with E-state index in [-0.39, 0.29) is 5.97 Å². The molecule has 0 atom stereocenters. The van der Waals surface area contributed by atoms with Gasteiger partial charge >= 0.3 is 5.97 Å². The number of rotatable bonds is 6. The topological polar surface area (TPSA) is 47.6 Å². The molecule has 22 heavy (non-hydrogen) atoms. The number of para-hydroxylation sites is 2. The number of esters is 1. The SMILES string of the molecule is COC(=O)c1ccccc1NCCOc1c(C)cccc1C. The van der Waals surface area contributed by atoms with Crippen molar-refractivity contribution in [3.63, 3.8) is 0 Å². The van der Waals surface area contributed by atoms with Gasteiger partial charge in [0.25, 0.3) is 0 Å². The summed E-state index contributed by atoms with van der Waals surface area (Å²) in [6, 6.07) is 13.4. The van der Waals surface area contributed by atoms with Gasteiger partial charge in [0.1, 0.15) is 12.4 Å². The molecule has 0 aliphatic carbocycles. The number of carbonyl (C=O) groups excluding carboxylic acids is 1. The summed E-state index contributed by atoms with van der Waals surface area (Å²) in [5, 5.41) is 3.21. The molecule has 0 heterocycles. The van der Waals surface area contributed by atoms with Crippen LogP contribution in [-0.2, 0) is 4.74 Å². The highest BCUT2D eigenvalue weighted by molar-refractivity contribution is 5.95. The number of aryl methyl sites for hydroxylation is 2. The Morgan fingerprint density at radius 1 is 1.05 bits per heavy atom. The molecule has 2 aromatic rings. The Hall–Kier alpha value is -2.49. The molecule has 1 N–H and O–H groups in total. The maximum atomic E-state index is 11.7. The average Bonchev–Trinajstić information content (AvgIpc) is 2.53. The summed E-state index contributed by atoms with van der Waals surface area (Å²) < 4.78 is 10.6. The van der Waals surface area contributed by atoms with Crippen LogP contribution in [0.4, 0.5) is 5.69 Å². The predicted octanol–water partition coefficient (Wildman–Crippen LogP) is 3.58. The normalized spacial score (nSPS) is 10.1. The molecule has 0 amide bonds. The van der Waals surface area contributed by atoms with Gasteiger partial charge in [-0.2, -0.15) is 0 Å². The third-order valence-electron chi connectivity index (χ3n) is 3.41. The van der Waals surface area contributed by atoms with Crippen molar-refractivity contribution in [3.8, 4) is 5.75 Å². The van der Waals surface area contributed by atoms with Gasteiger partial charge in [-0.1, -0.05) is 30.3 Å². The highest BCUT2D eigenvalue weighted by Crippen LogP contribution is 2.22. The third kappa shape index (κ3) is 3.79. The summed E-state index contributed by atoms with van der Waals surface area (Å²) in [6.45, 7) is 5.17. The van der Waals surface area contributed by atoms with E-state index in [4.69, 9.17) is 9.47 Å². The average molecular weight is 299 g/mol. The van der Waals surface area contributed by atoms with Crippen molar-refractivity contribution < 1.29 is 14.3 Å². The van der Waals surface area contributed by atoms with E-state index < -0.39 is 0 Å². The van der Waals surface area contributed by atoms with E-state index in [1.807, 2.05) is 50.2 Å². The lowest BCUT2D eigenvalue weighted by Crippen LogP contribution is -2.15. The van der Waals surface area contributed by atoms with Crippen LogP contribution in [0.1, 0.15) is 21.5 Å². The van der Waals surface area contributed by atoms with E-state index in [9.17, 15) is 4.79 Å². The Morgan fingerprint density at radius 2 is 1.73 bits per heavy atom. The van der Waals surface area contributed by atoms with Crippen LogP contribution in [0, 0.1) is 13.8 Å². The van der Waals surface area contributed by atoms with Gasteiger partial charge in [0, 0.05) is 12.2 Å². The molecule has 0 saturated heterocycles. The van der Waals surface area contributed by atoms with Crippen molar-refractivity contribution in [2.45, 2.75) is 13.8 Å². The van der Waals surface area contributed by atoms with Crippen molar-refractivity contribution in [1.29, 1.82) is 0 Å². The molecule has 0 aliphatic rings. The lowest BCUT2D eigenvalue weighted by atomic mass is 10.1. The molecule has 4 heteroatoms. The molecule has 0 radical (unpaired) electrons. The smallest absolute Gasteiger partial charge is 0.339 e. The second-order valence-electron chi connectivity index (χ2n) is 5.03. The Balaban J connectivity index is 1.94. The molecule has 0 aliphatic heterocycles. The fourth-order valence-electron chi connectivity index (χ4n) is 2.29. The molecule has 0 aromatic heterocycles. The lowest BCUT2D eigenvalue weighted by Gasteiger charge is -2.14. The fraction of sp³-hybridized carbons (Fsp3) is 0.278. The van der Waals surface area contributed by atoms with E-state index in [0.29, 0.717) is 18.7 Å². The zero-order valence-corrected chi connectivity index (χ0v) is 13.2. The summed E-state index contributed by atoms with van der Waals surface area (Å²) >= 11 is 0. The predicted molar refractivity (Wildman–Crippen MR) is 87.7 cm³/mol. The van der Waals surface area contributed by atoms with E-state index in [1.54, 1.807) is 6.07 Å². The standard InChI is InChI=1S/C18H21NO3/c1-13-7-6-8-14(2)17(13)22-12-11-19-16-10-5-4-9-15(16)18(20)21-3/h4-10,19H,11-12H2,1-3H3. The van der Waals surface area contributed by atoms with Gasteiger partial charge in [-0.25, -0.2) is 4.79 Å². The number of nitrogens with one attached hydrogen (secondary N) is 1. The second-order valence-corrected chi connectivity index (χ2v) is 5.03. The van der Waals surface area contributed by atoms with E-state index >= 15 is 0 Å². The molecule has 0 fully saturated rings. The minimum atomic E-state index is -0.348. The van der Waals surface area contributed by atoms with Crippen LogP contribution in [0.5, 0.6) is 5.75 Å². The maximum absolute atomic E-state index is 11.7. The van der Waals surface area contributed by atoms with E-state index in [0.717, 1.165) is 22.6 Å². The molecule has 0 unspecified atom stereocenters. The quantitative estimate of drug-likeness (QED) is 0.654. The number of hydrogen-bond acceptors (Lipinski definition) is 4. The summed E-state index contributed by atoms with van der Waals surface area (Å²) in [5.74, 6) is 0.573. The Bertz CT molecular complexity index is 632. The third-order valence-corrected chi connectivity index (χ3v) is 3.41. The molecule has 0 bridgehead atoms. The summed E-state index contributed by atoms with van der Waals surface area (Å²) in [5.41, 5.74) is 3.52. The molecule has 0 spiro atoms. The van der Waals surface area contributed by atoms with Gasteiger partial charge in [-0.15, -0.1) is 0 Å². The number of benzene rings is 2. The number of ether oxygens (including phenoxy) is 2. The molecule has 116 valence electrons. The van der Waals surface area contributed by atoms with Crippen LogP contribution in [-0.4, -0.2) is 26.2 Å². The Kier molecular flexibility index (Phi) is 5.42. The summed E-state index contributed by atoms with van der Waals surface area (Å²) in [7, 11) is 1.38. The van der Waals surface area contributed by atoms with Crippen LogP contribution in [0.15, 0.2) is 42.5 Å². The van der Waals surface area contributed by atoms with Crippen molar-refractivity contribution in [1.82, 2.24) is 0 Å². The minimum absolute atomic E-state index is 0.348. The first-order chi connectivity index (χ1) is 10.6. The van der Waals surface area contributed by atoms with Gasteiger partial charge in [0.05, 0.1) is 12.7 Å². The van der Waals surface area contributed by atoms with Gasteiger partial charge in [0.15, 0.2) is 0 Å². The van der Waals surface area contributed by atoms with Gasteiger partial charge in [0.2, 0.25) is 0 Å². The van der Waals surface area contributed by atoms with E-state index in [2.05, 4.69) is 5.32 Å². The monoisotopic (exact) mass is 299 g/mol. The van der Waals surface area contributed by atoms with Crippen molar-refractivity contribution in [2.24, 2.45) is 0 Å². The molecule has 2 aromatic carbocycles. The first-order valence-corrected chi connectivity index (χ1v) is 7.23. The highest BCUT2D eigenvalue weighted by atomic mass is 16.5. The first-order valence-electron chi connectivity index (χ1n) is 7.23. The largest absolute Gasteiger partial charge is 0.491 e. The van der Waals surface area contributed by atoms with Gasteiger partial charge < -0.3 is 14.8 Å². The number of methoxy groups -OCH3 is 1. The summed E-state index contributed by atoms with van der Waals surface area (Å²) in [6.07, 6.45) is 0. The minimum Gasteiger partial charge on any atom is -0.491 e. The van der Waals surface area contributed by atoms with Crippen molar-refractivity contribution in [3.05, 3.63) is 59.2 Å². The molecular formula is C18H21NO3. The maximum Gasteiger partial charge on any atom is 0.339 e. The Labute approximate surface area is 131 Å². The molecule has 2 rings (SSSR count). The number of hydrogen-bond donors (Lipinski definition) is 1. The van der Waals surface area contributed by atoms with Gasteiger partial charge in [-0.05, 0) is 37.1 Å². The number of anilines is 1. The fourth-order valence-corrected chi connectivity index (χ4v) is 2.29. The zero-order valence-electron chi connectivity index (χ0n) is 13.2. The van der Waals surface area contributed by atoms with Crippen LogP contribution in [0.25, 0.3) is 0 Å². The second kappa shape index (κ2) is 7.50. The zero-order chi connectivity index (χ0) is 15.9. The molecule has 4 nitrogen and oxygen atoms in total. The Morgan fingerprint density at radius 3 is 2.41 bits per heavy atom. The van der Waals surface area contributed by atoms with Crippen molar-refractivity contribution in [2.75, 3.05) is 25.6 Å². The van der Waals surface area contributed by atoms with E-state index in [1.165, 1.54) is 7.11 Å². The number of carbonyl (C=O) groups is 1. The van der Waals surface area contributed by atoms with Crippen LogP contribution in [0.3, 0.4) is 0 Å². The summed E-state index contributed by atoms with van der Waals surface area (Å²) in [4.78, 5) is 11.7. The lowest BCUT2D eigenvalue weighted by molar-refractivity contribution is 0.0602. The van der Waals surface area contributed by atoms with Gasteiger partial charge in [-0.3, -0.25) is 0 Å². The highest BCUT2D eigenvalue weighted by Gasteiger charge is 2.10. The van der Waals surface area contributed by atoms with Crippen LogP contribution in [0.2, 0.25) is 0 Å². The first kappa shape index (κ1) is 15.9. The molecule has 0 saturated carbocycles. The van der Waals surface area contributed by atoms with Crippen molar-refractivity contribution >= 4 is 11.7 Å². The van der Waals surface area contributed by atoms with Crippen LogP contribution < -0.4 is 10.1 Å². The van der Waals surface area contributed by atoms with Crippen LogP contribution >= 0.6 is 0 Å².